The smallest absolute Gasteiger partial charge is 0.0495 e. The quantitative estimate of drug-likeness (QED) is 0.702. The molecule has 0 N–H and O–H groups in total. The van der Waals surface area contributed by atoms with Gasteiger partial charge in [-0.2, -0.15) is 0 Å². The van der Waals surface area contributed by atoms with Crippen molar-refractivity contribution in [2.75, 3.05) is 18.0 Å². The number of anilines is 1. The third-order valence-corrected chi connectivity index (χ3v) is 4.13. The Balaban J connectivity index is 2.16. The van der Waals surface area contributed by atoms with Crippen molar-refractivity contribution < 1.29 is 0 Å². The lowest BCUT2D eigenvalue weighted by atomic mass is 9.85. The molecule has 2 rings (SSSR count). The maximum absolute atomic E-state index is 6.01. The zero-order chi connectivity index (χ0) is 12.3. The highest BCUT2D eigenvalue weighted by Gasteiger charge is 2.21. The van der Waals surface area contributed by atoms with E-state index in [1.165, 1.54) is 24.9 Å². The van der Waals surface area contributed by atoms with Crippen LogP contribution in [0.2, 0.25) is 5.02 Å². The minimum Gasteiger partial charge on any atom is -0.371 e. The van der Waals surface area contributed by atoms with Crippen molar-refractivity contribution in [3.63, 3.8) is 0 Å². The van der Waals surface area contributed by atoms with Crippen molar-refractivity contribution in [2.45, 2.75) is 32.1 Å². The van der Waals surface area contributed by atoms with Crippen LogP contribution < -0.4 is 4.90 Å². The van der Waals surface area contributed by atoms with Crippen LogP contribution in [0.25, 0.3) is 0 Å². The standard InChI is InChI=1S/C14H19Cl2N/c1-2-17(10-11-4-3-5-11)14-7-6-13(16)8-12(14)9-15/h6-8,11H,2-5,9-10H2,1H3. The lowest BCUT2D eigenvalue weighted by Gasteiger charge is -2.34. The summed E-state index contributed by atoms with van der Waals surface area (Å²) in [7, 11) is 0. The van der Waals surface area contributed by atoms with Gasteiger partial charge in [-0.05, 0) is 49.4 Å². The zero-order valence-corrected chi connectivity index (χ0v) is 11.8. The highest BCUT2D eigenvalue weighted by atomic mass is 35.5. The van der Waals surface area contributed by atoms with Gasteiger partial charge in [0.15, 0.2) is 0 Å². The highest BCUT2D eigenvalue weighted by molar-refractivity contribution is 6.30. The lowest BCUT2D eigenvalue weighted by molar-refractivity contribution is 0.318. The molecule has 17 heavy (non-hydrogen) atoms. The second kappa shape index (κ2) is 5.97. The summed E-state index contributed by atoms with van der Waals surface area (Å²) in [5, 5.41) is 0.768. The summed E-state index contributed by atoms with van der Waals surface area (Å²) in [6.07, 6.45) is 4.14. The predicted molar refractivity (Wildman–Crippen MR) is 76.2 cm³/mol. The summed E-state index contributed by atoms with van der Waals surface area (Å²) in [6, 6.07) is 6.03. The Morgan fingerprint density at radius 2 is 2.12 bits per heavy atom. The van der Waals surface area contributed by atoms with Crippen molar-refractivity contribution >= 4 is 28.9 Å². The first-order valence-corrected chi connectivity index (χ1v) is 7.25. The van der Waals surface area contributed by atoms with E-state index in [9.17, 15) is 0 Å². The molecule has 1 nitrogen and oxygen atoms in total. The summed E-state index contributed by atoms with van der Waals surface area (Å²) < 4.78 is 0. The van der Waals surface area contributed by atoms with Gasteiger partial charge >= 0.3 is 0 Å². The van der Waals surface area contributed by atoms with Gasteiger partial charge in [0.05, 0.1) is 0 Å². The molecule has 1 aliphatic rings. The van der Waals surface area contributed by atoms with Gasteiger partial charge in [0.25, 0.3) is 0 Å². The van der Waals surface area contributed by atoms with Crippen LogP contribution in [-0.2, 0) is 5.88 Å². The van der Waals surface area contributed by atoms with Crippen LogP contribution in [0.3, 0.4) is 0 Å². The fourth-order valence-corrected chi connectivity index (χ4v) is 2.76. The van der Waals surface area contributed by atoms with Gasteiger partial charge in [-0.3, -0.25) is 0 Å². The van der Waals surface area contributed by atoms with Gasteiger partial charge < -0.3 is 4.90 Å². The fourth-order valence-electron chi connectivity index (χ4n) is 2.35. The number of alkyl halides is 1. The molecule has 0 bridgehead atoms. The van der Waals surface area contributed by atoms with Crippen LogP contribution in [0.5, 0.6) is 0 Å². The van der Waals surface area contributed by atoms with Gasteiger partial charge in [-0.25, -0.2) is 0 Å². The molecule has 0 unspecified atom stereocenters. The van der Waals surface area contributed by atoms with E-state index >= 15 is 0 Å². The second-order valence-corrected chi connectivity index (χ2v) is 5.45. The largest absolute Gasteiger partial charge is 0.371 e. The summed E-state index contributed by atoms with van der Waals surface area (Å²) in [6.45, 7) is 4.38. The lowest BCUT2D eigenvalue weighted by Crippen LogP contribution is -2.32. The molecular formula is C14H19Cl2N. The monoisotopic (exact) mass is 271 g/mol. The number of halogens is 2. The summed E-state index contributed by atoms with van der Waals surface area (Å²) >= 11 is 12.0. The Morgan fingerprint density at radius 3 is 2.65 bits per heavy atom. The highest BCUT2D eigenvalue weighted by Crippen LogP contribution is 2.31. The molecule has 3 heteroatoms. The molecule has 1 fully saturated rings. The predicted octanol–water partition coefficient (Wildman–Crippen LogP) is 4.71. The Bertz CT molecular complexity index is 374. The Hall–Kier alpha value is -0.400. The van der Waals surface area contributed by atoms with Crippen molar-refractivity contribution in [3.05, 3.63) is 28.8 Å². The van der Waals surface area contributed by atoms with E-state index in [4.69, 9.17) is 23.2 Å². The van der Waals surface area contributed by atoms with Crippen LogP contribution in [0, 0.1) is 5.92 Å². The van der Waals surface area contributed by atoms with Crippen molar-refractivity contribution in [1.29, 1.82) is 0 Å². The second-order valence-electron chi connectivity index (χ2n) is 4.74. The molecule has 0 aromatic heterocycles. The minimum atomic E-state index is 0.525. The van der Waals surface area contributed by atoms with Gasteiger partial charge in [-0.1, -0.05) is 18.0 Å². The maximum atomic E-state index is 6.01. The third kappa shape index (κ3) is 3.08. The maximum Gasteiger partial charge on any atom is 0.0495 e. The first-order valence-electron chi connectivity index (χ1n) is 6.34. The number of hydrogen-bond donors (Lipinski definition) is 0. The van der Waals surface area contributed by atoms with Crippen molar-refractivity contribution in [2.24, 2.45) is 5.92 Å². The van der Waals surface area contributed by atoms with Crippen LogP contribution in [-0.4, -0.2) is 13.1 Å². The number of nitrogens with zero attached hydrogens (tertiary/aromatic N) is 1. The molecule has 1 aliphatic carbocycles. The van der Waals surface area contributed by atoms with Gasteiger partial charge in [0, 0.05) is 29.7 Å². The molecule has 0 aliphatic heterocycles. The normalized spacial score (nSPS) is 15.7. The van der Waals surface area contributed by atoms with E-state index in [0.717, 1.165) is 29.6 Å². The zero-order valence-electron chi connectivity index (χ0n) is 10.3. The summed E-state index contributed by atoms with van der Waals surface area (Å²) in [5.74, 6) is 1.39. The van der Waals surface area contributed by atoms with Crippen LogP contribution in [0.1, 0.15) is 31.7 Å². The molecule has 0 radical (unpaired) electrons. The first-order chi connectivity index (χ1) is 8.24. The molecular weight excluding hydrogens is 253 g/mol. The topological polar surface area (TPSA) is 3.24 Å². The molecule has 1 aromatic rings. The number of hydrogen-bond acceptors (Lipinski definition) is 1. The van der Waals surface area contributed by atoms with Gasteiger partial charge in [0.1, 0.15) is 0 Å². The van der Waals surface area contributed by atoms with Crippen molar-refractivity contribution in [1.82, 2.24) is 0 Å². The average Bonchev–Trinajstić information content (AvgIpc) is 2.29. The van der Waals surface area contributed by atoms with E-state index in [-0.39, 0.29) is 0 Å². The molecule has 0 atom stereocenters. The average molecular weight is 272 g/mol. The van der Waals surface area contributed by atoms with Crippen molar-refractivity contribution in [3.8, 4) is 0 Å². The van der Waals surface area contributed by atoms with E-state index in [1.807, 2.05) is 12.1 Å². The number of benzene rings is 1. The molecule has 1 saturated carbocycles. The van der Waals surface area contributed by atoms with E-state index < -0.39 is 0 Å². The fraction of sp³-hybridized carbons (Fsp3) is 0.571. The Morgan fingerprint density at radius 1 is 1.35 bits per heavy atom. The molecule has 1 aromatic carbocycles. The Kier molecular flexibility index (Phi) is 4.58. The molecule has 0 saturated heterocycles. The van der Waals surface area contributed by atoms with E-state index in [2.05, 4.69) is 17.9 Å². The Labute approximate surface area is 114 Å². The third-order valence-electron chi connectivity index (χ3n) is 3.61. The van der Waals surface area contributed by atoms with Gasteiger partial charge in [0.2, 0.25) is 0 Å². The van der Waals surface area contributed by atoms with Gasteiger partial charge in [-0.15, -0.1) is 11.6 Å². The summed E-state index contributed by atoms with van der Waals surface area (Å²) in [5.41, 5.74) is 2.39. The molecule has 0 amide bonds. The molecule has 0 heterocycles. The minimum absolute atomic E-state index is 0.525. The first kappa shape index (κ1) is 13.0. The SMILES string of the molecule is CCN(CC1CCC1)c1ccc(Cl)cc1CCl. The summed E-state index contributed by atoms with van der Waals surface area (Å²) in [4.78, 5) is 2.43. The van der Waals surface area contributed by atoms with Crippen LogP contribution in [0.15, 0.2) is 18.2 Å². The van der Waals surface area contributed by atoms with Crippen LogP contribution in [0.4, 0.5) is 5.69 Å². The molecule has 0 spiro atoms. The van der Waals surface area contributed by atoms with E-state index in [1.54, 1.807) is 0 Å². The molecule has 94 valence electrons. The van der Waals surface area contributed by atoms with E-state index in [0.29, 0.717) is 5.88 Å². The van der Waals surface area contributed by atoms with Crippen LogP contribution >= 0.6 is 23.2 Å². The number of rotatable bonds is 5.